The van der Waals surface area contributed by atoms with E-state index in [1.54, 1.807) is 37.6 Å². The summed E-state index contributed by atoms with van der Waals surface area (Å²) in [5, 5.41) is 5.69. The van der Waals surface area contributed by atoms with Crippen LogP contribution in [0.3, 0.4) is 0 Å². The van der Waals surface area contributed by atoms with E-state index in [1.807, 2.05) is 42.5 Å². The summed E-state index contributed by atoms with van der Waals surface area (Å²) in [4.78, 5) is 28.5. The summed E-state index contributed by atoms with van der Waals surface area (Å²) in [5.41, 5.74) is 2.78. The number of methoxy groups -OCH3 is 1. The third-order valence-electron chi connectivity index (χ3n) is 4.16. The Morgan fingerprint density at radius 3 is 2.72 bits per heavy atom. The number of amides is 2. The van der Waals surface area contributed by atoms with Gasteiger partial charge in [-0.3, -0.25) is 14.6 Å². The number of carbonyl (C=O) groups is 2. The second-order valence-corrected chi connectivity index (χ2v) is 6.18. The van der Waals surface area contributed by atoms with Crippen LogP contribution in [0.2, 0.25) is 0 Å². The number of benzene rings is 2. The number of rotatable bonds is 7. The van der Waals surface area contributed by atoms with Crippen molar-refractivity contribution in [2.24, 2.45) is 0 Å². The minimum absolute atomic E-state index is 0.225. The molecule has 0 radical (unpaired) electrons. The van der Waals surface area contributed by atoms with E-state index < -0.39 is 0 Å². The van der Waals surface area contributed by atoms with Crippen LogP contribution in [0.15, 0.2) is 79.1 Å². The van der Waals surface area contributed by atoms with Crippen LogP contribution in [-0.4, -0.2) is 23.9 Å². The summed E-state index contributed by atoms with van der Waals surface area (Å²) >= 11 is 0. The first kappa shape index (κ1) is 19.8. The summed E-state index contributed by atoms with van der Waals surface area (Å²) in [6.07, 6.45) is 6.29. The smallest absolute Gasteiger partial charge is 0.253 e. The van der Waals surface area contributed by atoms with Crippen molar-refractivity contribution in [3.63, 3.8) is 0 Å². The third kappa shape index (κ3) is 5.77. The first-order valence-electron chi connectivity index (χ1n) is 9.05. The molecule has 0 aliphatic heterocycles. The molecule has 6 nitrogen and oxygen atoms in total. The van der Waals surface area contributed by atoms with Gasteiger partial charge >= 0.3 is 0 Å². The maximum atomic E-state index is 12.3. The van der Waals surface area contributed by atoms with Crippen molar-refractivity contribution in [2.45, 2.75) is 6.54 Å². The third-order valence-corrected chi connectivity index (χ3v) is 4.16. The topological polar surface area (TPSA) is 80.3 Å². The predicted molar refractivity (Wildman–Crippen MR) is 113 cm³/mol. The lowest BCUT2D eigenvalue weighted by molar-refractivity contribution is -0.111. The van der Waals surface area contributed by atoms with E-state index >= 15 is 0 Å². The molecule has 3 rings (SSSR count). The second kappa shape index (κ2) is 9.85. The molecule has 3 aromatic rings. The Bertz CT molecular complexity index is 1020. The number of anilines is 1. The average Bonchev–Trinajstić information content (AvgIpc) is 2.77. The molecule has 0 aliphatic rings. The van der Waals surface area contributed by atoms with Gasteiger partial charge in [-0.15, -0.1) is 0 Å². The van der Waals surface area contributed by atoms with Crippen molar-refractivity contribution in [1.29, 1.82) is 0 Å². The summed E-state index contributed by atoms with van der Waals surface area (Å²) < 4.78 is 5.18. The van der Waals surface area contributed by atoms with Gasteiger partial charge in [0.15, 0.2) is 0 Å². The molecule has 6 heteroatoms. The maximum Gasteiger partial charge on any atom is 0.253 e. The Labute approximate surface area is 169 Å². The molecule has 0 atom stereocenters. The maximum absolute atomic E-state index is 12.3. The molecule has 1 heterocycles. The zero-order chi connectivity index (χ0) is 20.5. The fraction of sp³-hybridized carbons (Fsp3) is 0.0870. The van der Waals surface area contributed by atoms with Crippen molar-refractivity contribution in [2.75, 3.05) is 12.4 Å². The Morgan fingerprint density at radius 2 is 1.93 bits per heavy atom. The molecule has 0 aliphatic carbocycles. The highest BCUT2D eigenvalue weighted by atomic mass is 16.5. The number of carbonyl (C=O) groups excluding carboxylic acids is 2. The number of hydrogen-bond acceptors (Lipinski definition) is 4. The highest BCUT2D eigenvalue weighted by molar-refractivity contribution is 6.02. The van der Waals surface area contributed by atoms with E-state index in [0.29, 0.717) is 11.3 Å². The molecule has 0 spiro atoms. The fourth-order valence-corrected chi connectivity index (χ4v) is 2.66. The lowest BCUT2D eigenvalue weighted by atomic mass is 10.1. The van der Waals surface area contributed by atoms with Crippen molar-refractivity contribution >= 4 is 23.6 Å². The molecule has 29 heavy (non-hydrogen) atoms. The molecule has 2 N–H and O–H groups in total. The van der Waals surface area contributed by atoms with Gasteiger partial charge in [-0.25, -0.2) is 0 Å². The van der Waals surface area contributed by atoms with E-state index in [2.05, 4.69) is 15.6 Å². The number of ether oxygens (including phenoxy) is 1. The Hall–Kier alpha value is -3.93. The lowest BCUT2D eigenvalue weighted by Gasteiger charge is -2.11. The first-order valence-corrected chi connectivity index (χ1v) is 9.05. The molecule has 0 bridgehead atoms. The zero-order valence-electron chi connectivity index (χ0n) is 16.0. The molecule has 0 saturated carbocycles. The second-order valence-electron chi connectivity index (χ2n) is 6.18. The van der Waals surface area contributed by atoms with Gasteiger partial charge in [0.25, 0.3) is 5.91 Å². The summed E-state index contributed by atoms with van der Waals surface area (Å²) in [5.74, 6) is 0.235. The van der Waals surface area contributed by atoms with Gasteiger partial charge in [0.2, 0.25) is 5.91 Å². The van der Waals surface area contributed by atoms with Gasteiger partial charge in [-0.05, 0) is 47.5 Å². The molecule has 1 aromatic heterocycles. The van der Waals surface area contributed by atoms with E-state index in [1.165, 1.54) is 12.3 Å². The van der Waals surface area contributed by atoms with Crippen LogP contribution in [0.1, 0.15) is 21.5 Å². The summed E-state index contributed by atoms with van der Waals surface area (Å²) in [6.45, 7) is 0.282. The van der Waals surface area contributed by atoms with Crippen molar-refractivity contribution in [3.05, 3.63) is 95.8 Å². The number of hydrogen-bond donors (Lipinski definition) is 2. The van der Waals surface area contributed by atoms with Gasteiger partial charge in [0.05, 0.1) is 12.7 Å². The Morgan fingerprint density at radius 1 is 1.07 bits per heavy atom. The molecular formula is C23H21N3O3. The average molecular weight is 387 g/mol. The van der Waals surface area contributed by atoms with E-state index in [4.69, 9.17) is 4.74 Å². The van der Waals surface area contributed by atoms with E-state index in [9.17, 15) is 9.59 Å². The Kier molecular flexibility index (Phi) is 6.73. The number of nitrogens with zero attached hydrogens (tertiary/aromatic N) is 1. The molecule has 146 valence electrons. The van der Waals surface area contributed by atoms with Crippen molar-refractivity contribution < 1.29 is 14.3 Å². The highest BCUT2D eigenvalue weighted by Crippen LogP contribution is 2.16. The van der Waals surface area contributed by atoms with Crippen LogP contribution in [-0.2, 0) is 11.3 Å². The van der Waals surface area contributed by atoms with Crippen LogP contribution >= 0.6 is 0 Å². The summed E-state index contributed by atoms with van der Waals surface area (Å²) in [6, 6.07) is 18.1. The Balaban J connectivity index is 1.63. The van der Waals surface area contributed by atoms with Crippen LogP contribution in [0.25, 0.3) is 6.08 Å². The fourth-order valence-electron chi connectivity index (χ4n) is 2.66. The highest BCUT2D eigenvalue weighted by Gasteiger charge is 2.08. The monoisotopic (exact) mass is 387 g/mol. The van der Waals surface area contributed by atoms with Gasteiger partial charge < -0.3 is 15.4 Å². The van der Waals surface area contributed by atoms with Crippen molar-refractivity contribution in [3.8, 4) is 5.75 Å². The normalized spacial score (nSPS) is 10.5. The van der Waals surface area contributed by atoms with Crippen LogP contribution in [0.4, 0.5) is 5.69 Å². The molecule has 2 amide bonds. The van der Waals surface area contributed by atoms with Crippen LogP contribution < -0.4 is 15.4 Å². The van der Waals surface area contributed by atoms with Gasteiger partial charge in [0.1, 0.15) is 5.75 Å². The number of nitrogens with one attached hydrogen (secondary N) is 2. The van der Waals surface area contributed by atoms with E-state index in [0.717, 1.165) is 16.9 Å². The minimum atomic E-state index is -0.265. The lowest BCUT2D eigenvalue weighted by Crippen LogP contribution is -2.23. The predicted octanol–water partition coefficient (Wildman–Crippen LogP) is 3.67. The van der Waals surface area contributed by atoms with Crippen LogP contribution in [0.5, 0.6) is 5.75 Å². The van der Waals surface area contributed by atoms with Gasteiger partial charge in [0, 0.05) is 30.7 Å². The molecule has 0 unspecified atom stereocenters. The van der Waals surface area contributed by atoms with E-state index in [-0.39, 0.29) is 18.4 Å². The number of para-hydroxylation sites is 1. The SMILES string of the molecule is COc1cccc(/C=C/C(=O)Nc2ccccc2CNC(=O)c2cccnc2)c1. The van der Waals surface area contributed by atoms with Crippen molar-refractivity contribution in [1.82, 2.24) is 10.3 Å². The molecule has 0 saturated heterocycles. The molecule has 2 aromatic carbocycles. The minimum Gasteiger partial charge on any atom is -0.497 e. The number of pyridine rings is 1. The standard InChI is InChI=1S/C23H21N3O3/c1-29-20-9-4-6-17(14-20)11-12-22(27)26-21-10-3-2-7-18(21)16-25-23(28)19-8-5-13-24-15-19/h2-15H,16H2,1H3,(H,25,28)(H,26,27)/b12-11+. The first-order chi connectivity index (χ1) is 14.2. The van der Waals surface area contributed by atoms with Gasteiger partial charge in [-0.2, -0.15) is 0 Å². The zero-order valence-corrected chi connectivity index (χ0v) is 16.0. The van der Waals surface area contributed by atoms with Gasteiger partial charge in [-0.1, -0.05) is 30.3 Å². The molecular weight excluding hydrogens is 366 g/mol. The molecule has 0 fully saturated rings. The summed E-state index contributed by atoms with van der Waals surface area (Å²) in [7, 11) is 1.60. The quantitative estimate of drug-likeness (QED) is 0.606. The van der Waals surface area contributed by atoms with Crippen LogP contribution in [0, 0.1) is 0 Å². The largest absolute Gasteiger partial charge is 0.497 e. The number of aromatic nitrogens is 1.